The van der Waals surface area contributed by atoms with Gasteiger partial charge in [0.2, 0.25) is 0 Å². The molecule has 0 radical (unpaired) electrons. The summed E-state index contributed by atoms with van der Waals surface area (Å²) in [6, 6.07) is 0. The molecule has 95 heavy (non-hydrogen) atoms. The quantitative estimate of drug-likeness (QED) is 0.0222. The van der Waals surface area contributed by atoms with Crippen molar-refractivity contribution in [3.05, 3.63) is 0 Å². The third-order valence-electron chi connectivity index (χ3n) is 17.8. The molecule has 0 aromatic rings. The first-order valence-corrected chi connectivity index (χ1v) is 42.6. The Morgan fingerprint density at radius 2 is 0.484 bits per heavy atom. The van der Waals surface area contributed by atoms with Gasteiger partial charge >= 0.3 is 39.5 Å². The van der Waals surface area contributed by atoms with Crippen molar-refractivity contribution in [2.45, 2.75) is 419 Å². The Hall–Kier alpha value is -1.94. The van der Waals surface area contributed by atoms with Crippen molar-refractivity contribution >= 4 is 39.5 Å². The molecule has 0 heterocycles. The van der Waals surface area contributed by atoms with E-state index in [1.165, 1.54) is 218 Å². The molecule has 0 saturated carbocycles. The van der Waals surface area contributed by atoms with Crippen molar-refractivity contribution in [1.29, 1.82) is 0 Å². The number of aliphatic hydroxyl groups excluding tert-OH is 1. The van der Waals surface area contributed by atoms with Crippen LogP contribution in [0, 0.1) is 5.92 Å². The standard InChI is InChI=1S/C76H148O17P2/c1-6-9-12-15-18-21-22-23-24-25-26-27-28-31-35-38-42-47-52-57-62-76(81)93-72(66-87-74(79)60-55-50-45-41-37-34-32-29-30-33-36-40-43-48-53-58-69(4)5)68-91-95(84,85)89-64-70(77)63-88-94(82,83)90-67-71(65-86-73(78)59-54-49-44-20-17-14-11-8-3)92-75(80)61-56-51-46-39-19-16-13-10-7-2/h69-72,77H,6-68H2,1-5H3,(H,82,83)(H,84,85)/t70-,71+,72+/m0/s1. The lowest BCUT2D eigenvalue weighted by molar-refractivity contribution is -0.161. The molecule has 0 amide bonds. The van der Waals surface area contributed by atoms with Gasteiger partial charge in [-0.2, -0.15) is 0 Å². The van der Waals surface area contributed by atoms with Crippen LogP contribution in [0.15, 0.2) is 0 Å². The zero-order chi connectivity index (χ0) is 69.8. The first-order chi connectivity index (χ1) is 46.0. The minimum absolute atomic E-state index is 0.106. The highest BCUT2D eigenvalue weighted by atomic mass is 31.2. The number of hydrogen-bond acceptors (Lipinski definition) is 15. The highest BCUT2D eigenvalue weighted by Gasteiger charge is 2.30. The third kappa shape index (κ3) is 70.3. The summed E-state index contributed by atoms with van der Waals surface area (Å²) in [5.41, 5.74) is 0. The van der Waals surface area contributed by atoms with Crippen molar-refractivity contribution in [2.24, 2.45) is 5.92 Å². The van der Waals surface area contributed by atoms with Crippen molar-refractivity contribution < 1.29 is 80.2 Å². The maximum Gasteiger partial charge on any atom is 0.472 e. The number of hydrogen-bond donors (Lipinski definition) is 3. The second-order valence-electron chi connectivity index (χ2n) is 27.9. The largest absolute Gasteiger partial charge is 0.472 e. The molecule has 17 nitrogen and oxygen atoms in total. The number of esters is 4. The normalized spacial score (nSPS) is 13.9. The van der Waals surface area contributed by atoms with E-state index < -0.39 is 97.5 Å². The maximum absolute atomic E-state index is 13.1. The molecule has 0 aliphatic heterocycles. The van der Waals surface area contributed by atoms with Gasteiger partial charge in [-0.1, -0.05) is 349 Å². The number of carbonyl (C=O) groups excluding carboxylic acids is 4. The van der Waals surface area contributed by atoms with Gasteiger partial charge in [0.25, 0.3) is 0 Å². The fourth-order valence-electron chi connectivity index (χ4n) is 11.7. The molecule has 564 valence electrons. The number of ether oxygens (including phenoxy) is 4. The Morgan fingerprint density at radius 1 is 0.284 bits per heavy atom. The molecule has 0 aliphatic carbocycles. The Balaban J connectivity index is 5.16. The van der Waals surface area contributed by atoms with Gasteiger partial charge in [-0.05, 0) is 31.6 Å². The summed E-state index contributed by atoms with van der Waals surface area (Å²) in [4.78, 5) is 72.6. The summed E-state index contributed by atoms with van der Waals surface area (Å²) in [6.07, 6.45) is 58.5. The van der Waals surface area contributed by atoms with Gasteiger partial charge in [-0.3, -0.25) is 37.3 Å². The van der Waals surface area contributed by atoms with Gasteiger partial charge in [0.15, 0.2) is 12.2 Å². The number of carbonyl (C=O) groups is 4. The van der Waals surface area contributed by atoms with E-state index >= 15 is 0 Å². The van der Waals surface area contributed by atoms with Crippen molar-refractivity contribution in [3.8, 4) is 0 Å². The molecule has 19 heteroatoms. The Bertz CT molecular complexity index is 1820. The Morgan fingerprint density at radius 3 is 0.716 bits per heavy atom. The van der Waals surface area contributed by atoms with E-state index in [9.17, 15) is 43.2 Å². The number of phosphoric acid groups is 2. The fraction of sp³-hybridized carbons (Fsp3) is 0.947. The van der Waals surface area contributed by atoms with Gasteiger partial charge in [0, 0.05) is 25.7 Å². The highest BCUT2D eigenvalue weighted by molar-refractivity contribution is 7.47. The number of phosphoric ester groups is 2. The van der Waals surface area contributed by atoms with Crippen molar-refractivity contribution in [3.63, 3.8) is 0 Å². The summed E-state index contributed by atoms with van der Waals surface area (Å²) in [6.45, 7) is 7.27. The summed E-state index contributed by atoms with van der Waals surface area (Å²) >= 11 is 0. The molecule has 0 saturated heterocycles. The topological polar surface area (TPSA) is 237 Å². The van der Waals surface area contributed by atoms with Crippen LogP contribution in [-0.2, 0) is 65.4 Å². The van der Waals surface area contributed by atoms with Crippen LogP contribution in [0.4, 0.5) is 0 Å². The summed E-state index contributed by atoms with van der Waals surface area (Å²) < 4.78 is 68.4. The smallest absolute Gasteiger partial charge is 0.462 e. The molecule has 0 fully saturated rings. The zero-order valence-electron chi connectivity index (χ0n) is 61.8. The average molecular weight is 1400 g/mol. The molecular weight excluding hydrogens is 1250 g/mol. The van der Waals surface area contributed by atoms with Gasteiger partial charge in [-0.25, -0.2) is 9.13 Å². The van der Waals surface area contributed by atoms with Crippen LogP contribution in [0.2, 0.25) is 0 Å². The first kappa shape index (κ1) is 93.1. The van der Waals surface area contributed by atoms with Crippen LogP contribution in [-0.4, -0.2) is 96.7 Å². The second kappa shape index (κ2) is 69.2. The van der Waals surface area contributed by atoms with Crippen LogP contribution < -0.4 is 0 Å². The number of aliphatic hydroxyl groups is 1. The molecule has 0 spiro atoms. The molecule has 2 unspecified atom stereocenters. The third-order valence-corrected chi connectivity index (χ3v) is 19.7. The van der Waals surface area contributed by atoms with Gasteiger partial charge in [0.05, 0.1) is 26.4 Å². The fourth-order valence-corrected chi connectivity index (χ4v) is 13.3. The van der Waals surface area contributed by atoms with E-state index in [1.54, 1.807) is 0 Å². The molecule has 3 N–H and O–H groups in total. The van der Waals surface area contributed by atoms with E-state index in [2.05, 4.69) is 34.6 Å². The van der Waals surface area contributed by atoms with E-state index in [0.717, 1.165) is 102 Å². The minimum atomic E-state index is -4.96. The molecule has 0 rings (SSSR count). The number of unbranched alkanes of at least 4 members (excludes halogenated alkanes) is 48. The van der Waals surface area contributed by atoms with E-state index in [1.807, 2.05) is 0 Å². The van der Waals surface area contributed by atoms with Crippen LogP contribution in [0.3, 0.4) is 0 Å². The predicted octanol–water partition coefficient (Wildman–Crippen LogP) is 22.5. The van der Waals surface area contributed by atoms with Crippen molar-refractivity contribution in [1.82, 2.24) is 0 Å². The lowest BCUT2D eigenvalue weighted by Crippen LogP contribution is -2.30. The molecule has 5 atom stereocenters. The summed E-state index contributed by atoms with van der Waals surface area (Å²) in [5, 5.41) is 10.6. The zero-order valence-corrected chi connectivity index (χ0v) is 63.6. The highest BCUT2D eigenvalue weighted by Crippen LogP contribution is 2.45. The average Bonchev–Trinajstić information content (AvgIpc) is 1.35. The maximum atomic E-state index is 13.1. The van der Waals surface area contributed by atoms with Crippen LogP contribution in [0.25, 0.3) is 0 Å². The molecular formula is C76H148O17P2. The Kier molecular flexibility index (Phi) is 67.7. The van der Waals surface area contributed by atoms with E-state index in [-0.39, 0.29) is 25.7 Å². The van der Waals surface area contributed by atoms with Crippen LogP contribution in [0.5, 0.6) is 0 Å². The minimum Gasteiger partial charge on any atom is -0.462 e. The van der Waals surface area contributed by atoms with Crippen LogP contribution in [0.1, 0.15) is 401 Å². The summed E-state index contributed by atoms with van der Waals surface area (Å²) in [5.74, 6) is -1.31. The van der Waals surface area contributed by atoms with Gasteiger partial charge < -0.3 is 33.8 Å². The second-order valence-corrected chi connectivity index (χ2v) is 30.8. The predicted molar refractivity (Wildman–Crippen MR) is 386 cm³/mol. The Labute approximate surface area is 581 Å². The van der Waals surface area contributed by atoms with Gasteiger partial charge in [-0.15, -0.1) is 0 Å². The summed E-state index contributed by atoms with van der Waals surface area (Å²) in [7, 11) is -9.90. The monoisotopic (exact) mass is 1400 g/mol. The van der Waals surface area contributed by atoms with Crippen LogP contribution >= 0.6 is 15.6 Å². The molecule has 0 bridgehead atoms. The first-order valence-electron chi connectivity index (χ1n) is 39.6. The lowest BCUT2D eigenvalue weighted by atomic mass is 10.0. The van der Waals surface area contributed by atoms with Crippen molar-refractivity contribution in [2.75, 3.05) is 39.6 Å². The molecule has 0 aromatic heterocycles. The molecule has 0 aliphatic rings. The SMILES string of the molecule is CCCCCCCCCCCCCCCCCCCCCCC(=O)O[C@H](COC(=O)CCCCCCCCCCCCCCCCCC(C)C)COP(=O)(O)OC[C@@H](O)COP(=O)(O)OC[C@@H](COC(=O)CCCCCCCCCC)OC(=O)CCCCCCCCCCC. The van der Waals surface area contributed by atoms with Gasteiger partial charge in [0.1, 0.15) is 19.3 Å². The van der Waals surface area contributed by atoms with E-state index in [4.69, 9.17) is 37.0 Å². The van der Waals surface area contributed by atoms with E-state index in [0.29, 0.717) is 25.7 Å². The molecule has 0 aromatic carbocycles. The number of rotatable bonds is 76. The lowest BCUT2D eigenvalue weighted by Gasteiger charge is -2.21.